The Balaban J connectivity index is 4.33. The summed E-state index contributed by atoms with van der Waals surface area (Å²) in [6.07, 6.45) is 82.3. The van der Waals surface area contributed by atoms with Gasteiger partial charge < -0.3 is 14.2 Å². The van der Waals surface area contributed by atoms with E-state index in [2.05, 4.69) is 130 Å². The summed E-state index contributed by atoms with van der Waals surface area (Å²) in [7, 11) is 0. The minimum Gasteiger partial charge on any atom is -0.462 e. The van der Waals surface area contributed by atoms with Crippen LogP contribution in [0.2, 0.25) is 0 Å². The van der Waals surface area contributed by atoms with Crippen molar-refractivity contribution in [2.75, 3.05) is 13.2 Å². The normalized spacial score (nSPS) is 12.9. The quantitative estimate of drug-likeness (QED) is 0.0261. The van der Waals surface area contributed by atoms with Crippen molar-refractivity contribution in [1.29, 1.82) is 0 Å². The van der Waals surface area contributed by atoms with Crippen LogP contribution in [0.3, 0.4) is 0 Å². The van der Waals surface area contributed by atoms with E-state index in [1.54, 1.807) is 0 Å². The summed E-state index contributed by atoms with van der Waals surface area (Å²) < 4.78 is 16.8. The predicted molar refractivity (Wildman–Crippen MR) is 316 cm³/mol. The molecule has 0 saturated carbocycles. The first-order chi connectivity index (χ1) is 36.0. The molecule has 6 nitrogen and oxygen atoms in total. The maximum atomic E-state index is 12.8. The fraction of sp³-hybridized carbons (Fsp3) is 0.687. The largest absolute Gasteiger partial charge is 0.462 e. The minimum absolute atomic E-state index is 0.0884. The van der Waals surface area contributed by atoms with E-state index in [0.29, 0.717) is 19.3 Å². The highest BCUT2D eigenvalue weighted by molar-refractivity contribution is 5.71. The van der Waals surface area contributed by atoms with Crippen LogP contribution in [0.1, 0.15) is 278 Å². The number of hydrogen-bond acceptors (Lipinski definition) is 6. The van der Waals surface area contributed by atoms with Gasteiger partial charge in [-0.25, -0.2) is 0 Å². The molecule has 0 spiro atoms. The fourth-order valence-corrected chi connectivity index (χ4v) is 8.22. The lowest BCUT2D eigenvalue weighted by molar-refractivity contribution is -0.167. The van der Waals surface area contributed by atoms with E-state index in [0.717, 1.165) is 135 Å². The SMILES string of the molecule is CC/C=C\C/C=C\C/C=C\C/C=C\C/C=C\C/C=C\C/C=C\C/C=C\CCCCCCC(=O)OCC(COC(=O)CCCCCCCCCCCC)OC(=O)CCCCCCC/C=C\CCCCCCCCC. The van der Waals surface area contributed by atoms with E-state index in [9.17, 15) is 14.4 Å². The molecule has 0 aromatic rings. The highest BCUT2D eigenvalue weighted by atomic mass is 16.6. The van der Waals surface area contributed by atoms with Gasteiger partial charge in [-0.3, -0.25) is 14.4 Å². The van der Waals surface area contributed by atoms with Gasteiger partial charge in [0.1, 0.15) is 13.2 Å². The van der Waals surface area contributed by atoms with Crippen molar-refractivity contribution in [2.45, 2.75) is 284 Å². The molecule has 0 bridgehead atoms. The first kappa shape index (κ1) is 69.1. The van der Waals surface area contributed by atoms with E-state index in [1.165, 1.54) is 103 Å². The Bertz CT molecular complexity index is 1490. The Morgan fingerprint density at radius 1 is 0.288 bits per heavy atom. The summed E-state index contributed by atoms with van der Waals surface area (Å²) in [5.74, 6) is -0.921. The molecule has 0 aliphatic carbocycles. The highest BCUT2D eigenvalue weighted by Gasteiger charge is 2.19. The second kappa shape index (κ2) is 60.6. The number of ether oxygens (including phenoxy) is 3. The zero-order valence-corrected chi connectivity index (χ0v) is 47.6. The second-order valence-electron chi connectivity index (χ2n) is 19.9. The van der Waals surface area contributed by atoms with E-state index < -0.39 is 6.10 Å². The number of carbonyl (C=O) groups is 3. The van der Waals surface area contributed by atoms with Gasteiger partial charge in [-0.05, 0) is 109 Å². The molecule has 0 fully saturated rings. The van der Waals surface area contributed by atoms with Gasteiger partial charge >= 0.3 is 17.9 Å². The van der Waals surface area contributed by atoms with Gasteiger partial charge in [0.05, 0.1) is 0 Å². The third-order valence-electron chi connectivity index (χ3n) is 12.8. The van der Waals surface area contributed by atoms with Crippen LogP contribution in [-0.4, -0.2) is 37.2 Å². The standard InChI is InChI=1S/C67H112O6/c1-4-7-10-13-16-19-22-24-26-28-29-30-31-32-33-34-35-36-37-38-39-40-42-43-45-48-51-54-57-60-66(69)72-63-64(62-71-65(68)59-56-53-50-47-21-18-15-12-9-6-3)73-67(70)61-58-55-52-49-46-44-41-27-25-23-20-17-14-11-8-5-2/h7,10,16,19,24,26-27,29-30,32-33,35-36,38-39,41-43,64H,4-6,8-9,11-15,17-18,20-23,25,28,31,34,37,40,44-63H2,1-3H3/b10-7-,19-16-,26-24-,30-29-,33-32-,36-35-,39-38-,41-27-,43-42-. The monoisotopic (exact) mass is 1010 g/mol. The zero-order chi connectivity index (χ0) is 52.9. The molecule has 0 N–H and O–H groups in total. The molecule has 0 aliphatic rings. The average Bonchev–Trinajstić information content (AvgIpc) is 3.39. The number of unbranched alkanes of at least 4 members (excludes halogenated alkanes) is 25. The van der Waals surface area contributed by atoms with Crippen LogP contribution in [-0.2, 0) is 28.6 Å². The van der Waals surface area contributed by atoms with E-state index >= 15 is 0 Å². The molecule has 0 amide bonds. The van der Waals surface area contributed by atoms with Crippen molar-refractivity contribution in [3.8, 4) is 0 Å². The zero-order valence-electron chi connectivity index (χ0n) is 47.6. The van der Waals surface area contributed by atoms with Crippen LogP contribution >= 0.6 is 0 Å². The molecular formula is C67H112O6. The Labute approximate surface area is 450 Å². The molecule has 73 heavy (non-hydrogen) atoms. The van der Waals surface area contributed by atoms with Crippen molar-refractivity contribution in [3.63, 3.8) is 0 Å². The maximum absolute atomic E-state index is 12.8. The van der Waals surface area contributed by atoms with E-state index in [-0.39, 0.29) is 31.1 Å². The summed E-state index contributed by atoms with van der Waals surface area (Å²) in [4.78, 5) is 38.1. The lowest BCUT2D eigenvalue weighted by Gasteiger charge is -2.18. The van der Waals surface area contributed by atoms with Gasteiger partial charge in [0.25, 0.3) is 0 Å². The topological polar surface area (TPSA) is 78.9 Å². The van der Waals surface area contributed by atoms with Gasteiger partial charge in [0.2, 0.25) is 0 Å². The average molecular weight is 1010 g/mol. The van der Waals surface area contributed by atoms with Crippen molar-refractivity contribution in [3.05, 3.63) is 109 Å². The molecule has 0 heterocycles. The highest BCUT2D eigenvalue weighted by Crippen LogP contribution is 2.15. The lowest BCUT2D eigenvalue weighted by Crippen LogP contribution is -2.30. The summed E-state index contributed by atoms with van der Waals surface area (Å²) in [6.45, 7) is 6.49. The summed E-state index contributed by atoms with van der Waals surface area (Å²) >= 11 is 0. The molecule has 0 aromatic heterocycles. The number of hydrogen-bond donors (Lipinski definition) is 0. The molecule has 0 aromatic carbocycles. The first-order valence-corrected chi connectivity index (χ1v) is 30.4. The van der Waals surface area contributed by atoms with Crippen molar-refractivity contribution in [1.82, 2.24) is 0 Å². The van der Waals surface area contributed by atoms with Crippen molar-refractivity contribution >= 4 is 17.9 Å². The molecule has 0 radical (unpaired) electrons. The molecule has 416 valence electrons. The molecule has 1 unspecified atom stereocenters. The third-order valence-corrected chi connectivity index (χ3v) is 12.8. The van der Waals surface area contributed by atoms with Crippen molar-refractivity contribution < 1.29 is 28.6 Å². The van der Waals surface area contributed by atoms with Gasteiger partial charge in [-0.2, -0.15) is 0 Å². The lowest BCUT2D eigenvalue weighted by atomic mass is 10.1. The van der Waals surface area contributed by atoms with Crippen LogP contribution in [0.25, 0.3) is 0 Å². The minimum atomic E-state index is -0.792. The van der Waals surface area contributed by atoms with E-state index in [1.807, 2.05) is 0 Å². The predicted octanol–water partition coefficient (Wildman–Crippen LogP) is 20.7. The summed E-state index contributed by atoms with van der Waals surface area (Å²) in [5, 5.41) is 0. The first-order valence-electron chi connectivity index (χ1n) is 30.4. The molecule has 0 saturated heterocycles. The third kappa shape index (κ3) is 58.8. The molecule has 1 atom stereocenters. The number of rotatable bonds is 54. The van der Waals surface area contributed by atoms with Gasteiger partial charge in [-0.15, -0.1) is 0 Å². The summed E-state index contributed by atoms with van der Waals surface area (Å²) in [6, 6.07) is 0. The Morgan fingerprint density at radius 2 is 0.534 bits per heavy atom. The number of allylic oxidation sites excluding steroid dienone is 18. The van der Waals surface area contributed by atoms with Gasteiger partial charge in [0.15, 0.2) is 6.10 Å². The van der Waals surface area contributed by atoms with Crippen LogP contribution in [0.15, 0.2) is 109 Å². The van der Waals surface area contributed by atoms with E-state index in [4.69, 9.17) is 14.2 Å². The van der Waals surface area contributed by atoms with Crippen LogP contribution < -0.4 is 0 Å². The Kier molecular flexibility index (Phi) is 57.4. The fourth-order valence-electron chi connectivity index (χ4n) is 8.22. The molecule has 0 aliphatic heterocycles. The Hall–Kier alpha value is -3.93. The van der Waals surface area contributed by atoms with Crippen LogP contribution in [0, 0.1) is 0 Å². The molecule has 0 rings (SSSR count). The Morgan fingerprint density at radius 3 is 0.849 bits per heavy atom. The number of esters is 3. The van der Waals surface area contributed by atoms with Crippen LogP contribution in [0.5, 0.6) is 0 Å². The smallest absolute Gasteiger partial charge is 0.306 e. The second-order valence-corrected chi connectivity index (χ2v) is 19.9. The number of carbonyl (C=O) groups excluding carboxylic acids is 3. The molecular weight excluding hydrogens is 901 g/mol. The van der Waals surface area contributed by atoms with Gasteiger partial charge in [-0.1, -0.05) is 259 Å². The maximum Gasteiger partial charge on any atom is 0.306 e. The molecule has 6 heteroatoms. The summed E-state index contributed by atoms with van der Waals surface area (Å²) in [5.41, 5.74) is 0. The van der Waals surface area contributed by atoms with Crippen molar-refractivity contribution in [2.24, 2.45) is 0 Å². The van der Waals surface area contributed by atoms with Gasteiger partial charge in [0, 0.05) is 19.3 Å². The van der Waals surface area contributed by atoms with Crippen LogP contribution in [0.4, 0.5) is 0 Å².